The molecule has 0 unspecified atom stereocenters. The molecule has 0 atom stereocenters. The predicted octanol–water partition coefficient (Wildman–Crippen LogP) is 4.62. The Morgan fingerprint density at radius 1 is 1.00 bits per heavy atom. The first-order valence-corrected chi connectivity index (χ1v) is 11.5. The molecule has 2 aromatic heterocycles. The summed E-state index contributed by atoms with van der Waals surface area (Å²) in [5.41, 5.74) is 9.78. The molecule has 0 saturated heterocycles. The number of nitrogens with one attached hydrogen (secondary N) is 1. The third-order valence-corrected chi connectivity index (χ3v) is 5.99. The predicted molar refractivity (Wildman–Crippen MR) is 139 cm³/mol. The molecule has 5 aromatic rings. The minimum absolute atomic E-state index is 0.159. The number of aliphatic carboxylic acids is 1. The number of nitrogens with two attached hydrogens (primary N) is 1. The molecule has 3 aromatic carbocycles. The first-order valence-electron chi connectivity index (χ1n) is 11.5. The van der Waals surface area contributed by atoms with E-state index in [1.165, 1.54) is 6.92 Å². The Labute approximate surface area is 211 Å². The number of amides is 2. The summed E-state index contributed by atoms with van der Waals surface area (Å²) in [5, 5.41) is 13.2. The number of ether oxygens (including phenoxy) is 1. The van der Waals surface area contributed by atoms with Crippen molar-refractivity contribution in [1.29, 1.82) is 0 Å². The lowest BCUT2D eigenvalue weighted by Crippen LogP contribution is -2.11. The van der Waals surface area contributed by atoms with Gasteiger partial charge < -0.3 is 29.9 Å². The second-order valence-corrected chi connectivity index (χ2v) is 8.56. The van der Waals surface area contributed by atoms with Gasteiger partial charge in [0.2, 0.25) is 11.8 Å². The smallest absolute Gasteiger partial charge is 0.341 e. The number of aromatic nitrogens is 1. The Morgan fingerprint density at radius 3 is 2.43 bits per heavy atom. The molecule has 37 heavy (non-hydrogen) atoms. The Bertz CT molecular complexity index is 1650. The largest absolute Gasteiger partial charge is 0.481 e. The van der Waals surface area contributed by atoms with E-state index in [2.05, 4.69) is 5.32 Å². The van der Waals surface area contributed by atoms with Crippen LogP contribution in [0.4, 0.5) is 5.69 Å². The average molecular weight is 498 g/mol. The molecule has 9 nitrogen and oxygen atoms in total. The van der Waals surface area contributed by atoms with Crippen molar-refractivity contribution in [3.8, 4) is 17.1 Å². The number of hydrogen-bond donors (Lipinski definition) is 3. The van der Waals surface area contributed by atoms with Gasteiger partial charge in [-0.3, -0.25) is 9.59 Å². The van der Waals surface area contributed by atoms with Gasteiger partial charge in [-0.25, -0.2) is 4.79 Å². The van der Waals surface area contributed by atoms with Crippen LogP contribution in [0.15, 0.2) is 77.4 Å². The van der Waals surface area contributed by atoms with E-state index in [-0.39, 0.29) is 5.91 Å². The van der Waals surface area contributed by atoms with Gasteiger partial charge in [-0.05, 0) is 54.1 Å². The molecule has 9 heteroatoms. The maximum atomic E-state index is 12.4. The number of benzene rings is 3. The number of carboxylic acids is 1. The Hall–Kier alpha value is -5.05. The lowest BCUT2D eigenvalue weighted by molar-refractivity contribution is -0.139. The molecular formula is C28H23N3O6. The maximum Gasteiger partial charge on any atom is 0.341 e. The van der Waals surface area contributed by atoms with Crippen LogP contribution < -0.4 is 15.8 Å². The van der Waals surface area contributed by atoms with E-state index in [0.717, 1.165) is 11.1 Å². The minimum Gasteiger partial charge on any atom is -0.481 e. The van der Waals surface area contributed by atoms with Crippen molar-refractivity contribution in [1.82, 2.24) is 4.57 Å². The molecule has 5 rings (SSSR count). The van der Waals surface area contributed by atoms with Crippen LogP contribution in [0.3, 0.4) is 0 Å². The molecule has 0 bridgehead atoms. The van der Waals surface area contributed by atoms with Gasteiger partial charge >= 0.3 is 5.97 Å². The van der Waals surface area contributed by atoms with Gasteiger partial charge in [0.05, 0.1) is 22.7 Å². The number of nitrogens with zero attached hydrogens (tertiary/aromatic N) is 1. The summed E-state index contributed by atoms with van der Waals surface area (Å²) in [6, 6.07) is 19.9. The minimum atomic E-state index is -1.13. The normalized spacial score (nSPS) is 11.1. The summed E-state index contributed by atoms with van der Waals surface area (Å²) in [7, 11) is 0. The number of carbonyl (C=O) groups excluding carboxylic acids is 2. The second kappa shape index (κ2) is 9.54. The fourth-order valence-electron chi connectivity index (χ4n) is 4.52. The molecule has 2 heterocycles. The SMILES string of the molecule is CC(=O)Nc1ccc(Cn2c3cc(-c4ccco4)cc(OCC(=O)O)c3c3c(C(N)=O)cccc32)cc1. The zero-order valence-electron chi connectivity index (χ0n) is 19.9. The maximum absolute atomic E-state index is 12.4. The number of hydrogen-bond acceptors (Lipinski definition) is 5. The number of fused-ring (bicyclic) bond motifs is 3. The molecular weight excluding hydrogens is 474 g/mol. The van der Waals surface area contributed by atoms with Crippen LogP contribution in [0, 0.1) is 0 Å². The molecule has 0 radical (unpaired) electrons. The van der Waals surface area contributed by atoms with Crippen LogP contribution in [0.1, 0.15) is 22.8 Å². The first kappa shape index (κ1) is 23.7. The highest BCUT2D eigenvalue weighted by Gasteiger charge is 2.22. The molecule has 0 aliphatic rings. The van der Waals surface area contributed by atoms with Crippen molar-refractivity contribution >= 4 is 45.3 Å². The number of primary amides is 1. The zero-order valence-corrected chi connectivity index (χ0v) is 19.9. The zero-order chi connectivity index (χ0) is 26.1. The van der Waals surface area contributed by atoms with Crippen molar-refractivity contribution in [2.75, 3.05) is 11.9 Å². The van der Waals surface area contributed by atoms with Gasteiger partial charge in [0.25, 0.3) is 0 Å². The molecule has 0 saturated carbocycles. The van der Waals surface area contributed by atoms with Crippen LogP contribution in [0.5, 0.6) is 5.75 Å². The van der Waals surface area contributed by atoms with Crippen molar-refractivity contribution in [2.24, 2.45) is 5.73 Å². The summed E-state index contributed by atoms with van der Waals surface area (Å²) in [5.74, 6) is -1.02. The quantitative estimate of drug-likeness (QED) is 0.286. The summed E-state index contributed by atoms with van der Waals surface area (Å²) >= 11 is 0. The van der Waals surface area contributed by atoms with E-state index in [4.69, 9.17) is 14.9 Å². The van der Waals surface area contributed by atoms with Gasteiger partial charge in [-0.15, -0.1) is 0 Å². The van der Waals surface area contributed by atoms with Crippen molar-refractivity contribution < 1.29 is 28.6 Å². The van der Waals surface area contributed by atoms with Crippen LogP contribution >= 0.6 is 0 Å². The van der Waals surface area contributed by atoms with Crippen LogP contribution in [0.2, 0.25) is 0 Å². The molecule has 186 valence electrons. The number of rotatable bonds is 8. The average Bonchev–Trinajstić information content (AvgIpc) is 3.50. The molecule has 0 aliphatic carbocycles. The Kier molecular flexibility index (Phi) is 6.10. The van der Waals surface area contributed by atoms with Gasteiger partial charge in [0.15, 0.2) is 6.61 Å². The number of carboxylic acid groups (broad SMARTS) is 1. The van der Waals surface area contributed by atoms with E-state index in [1.807, 2.05) is 41.0 Å². The fraction of sp³-hybridized carbons (Fsp3) is 0.107. The number of furan rings is 1. The molecule has 4 N–H and O–H groups in total. The van der Waals surface area contributed by atoms with E-state index in [1.54, 1.807) is 36.6 Å². The Morgan fingerprint density at radius 2 is 1.78 bits per heavy atom. The molecule has 0 aliphatic heterocycles. The highest BCUT2D eigenvalue weighted by atomic mass is 16.5. The lowest BCUT2D eigenvalue weighted by Gasteiger charge is -2.11. The molecule has 0 spiro atoms. The lowest BCUT2D eigenvalue weighted by atomic mass is 10.0. The second-order valence-electron chi connectivity index (χ2n) is 8.56. The van der Waals surface area contributed by atoms with Crippen LogP contribution in [0.25, 0.3) is 33.1 Å². The summed E-state index contributed by atoms with van der Waals surface area (Å²) < 4.78 is 13.3. The highest BCUT2D eigenvalue weighted by Crippen LogP contribution is 2.41. The monoisotopic (exact) mass is 497 g/mol. The molecule has 2 amide bonds. The fourth-order valence-corrected chi connectivity index (χ4v) is 4.52. The molecule has 0 fully saturated rings. The third kappa shape index (κ3) is 4.62. The summed E-state index contributed by atoms with van der Waals surface area (Å²) in [6.45, 7) is 1.30. The highest BCUT2D eigenvalue weighted by molar-refractivity contribution is 6.20. The van der Waals surface area contributed by atoms with Crippen molar-refractivity contribution in [3.63, 3.8) is 0 Å². The van der Waals surface area contributed by atoms with Gasteiger partial charge in [0.1, 0.15) is 11.5 Å². The third-order valence-electron chi connectivity index (χ3n) is 5.99. The van der Waals surface area contributed by atoms with E-state index >= 15 is 0 Å². The van der Waals surface area contributed by atoms with Crippen molar-refractivity contribution in [2.45, 2.75) is 13.5 Å². The van der Waals surface area contributed by atoms with Gasteiger partial charge in [-0.2, -0.15) is 0 Å². The van der Waals surface area contributed by atoms with E-state index in [9.17, 15) is 19.5 Å². The summed E-state index contributed by atoms with van der Waals surface area (Å²) in [6.07, 6.45) is 1.55. The van der Waals surface area contributed by atoms with E-state index < -0.39 is 18.5 Å². The Balaban J connectivity index is 1.77. The van der Waals surface area contributed by atoms with Crippen molar-refractivity contribution in [3.05, 3.63) is 84.1 Å². The van der Waals surface area contributed by atoms with Crippen LogP contribution in [-0.2, 0) is 16.1 Å². The van der Waals surface area contributed by atoms with Gasteiger partial charge in [-0.1, -0.05) is 18.2 Å². The first-order chi connectivity index (χ1) is 17.8. The van der Waals surface area contributed by atoms with Gasteiger partial charge in [0, 0.05) is 35.7 Å². The summed E-state index contributed by atoms with van der Waals surface area (Å²) in [4.78, 5) is 35.1. The van der Waals surface area contributed by atoms with E-state index in [0.29, 0.717) is 51.2 Å². The topological polar surface area (TPSA) is 137 Å². The standard InChI is InChI=1S/C28H23N3O6/c1-16(32)30-19-9-7-17(8-10-19)14-31-21-5-2-4-20(28(29)35)26(21)27-22(31)12-18(23-6-3-11-36-23)13-24(27)37-15-25(33)34/h2-13H,14-15H2,1H3,(H2,29,35)(H,30,32)(H,33,34). The number of carbonyl (C=O) groups is 3. The van der Waals surface area contributed by atoms with Crippen LogP contribution in [-0.4, -0.2) is 34.1 Å². The number of anilines is 1.